The standard InChI is InChI=1S/C11H11FN2O6/c1-2-19-8-7(16)6(4-15)20-10(8)14-3-5(12)9(17)13-11(14)18/h1,3,6-8,10,15-16H,4H2,(H,13,17,18)/t6-,7+,8-,10-/m1/s1. The molecule has 1 saturated heterocycles. The largest absolute Gasteiger partial charge is 0.436 e. The van der Waals surface area contributed by atoms with Crippen LogP contribution >= 0.6 is 0 Å². The maximum atomic E-state index is 13.2. The summed E-state index contributed by atoms with van der Waals surface area (Å²) in [6.07, 6.45) is 2.57. The van der Waals surface area contributed by atoms with Gasteiger partial charge in [0.15, 0.2) is 12.3 Å². The van der Waals surface area contributed by atoms with Crippen molar-refractivity contribution in [2.75, 3.05) is 6.61 Å². The number of ether oxygens (including phenoxy) is 2. The van der Waals surface area contributed by atoms with Gasteiger partial charge in [0.2, 0.25) is 5.82 Å². The Morgan fingerprint density at radius 1 is 1.60 bits per heavy atom. The molecule has 1 aliphatic heterocycles. The third kappa shape index (κ3) is 2.32. The maximum Gasteiger partial charge on any atom is 0.330 e. The second-order valence-electron chi connectivity index (χ2n) is 4.08. The smallest absolute Gasteiger partial charge is 0.330 e. The SMILES string of the molecule is C#CO[C@@H]1[C@@H](O)[C@@H](CO)O[C@H]1n1cc(F)c(=O)[nH]c1=O. The third-order valence-electron chi connectivity index (χ3n) is 2.90. The summed E-state index contributed by atoms with van der Waals surface area (Å²) in [5.74, 6) is -1.21. The molecule has 0 saturated carbocycles. The van der Waals surface area contributed by atoms with Crippen molar-refractivity contribution in [2.24, 2.45) is 0 Å². The molecule has 2 heterocycles. The summed E-state index contributed by atoms with van der Waals surface area (Å²) in [6, 6.07) is 0. The molecule has 8 nitrogen and oxygen atoms in total. The van der Waals surface area contributed by atoms with Gasteiger partial charge in [-0.25, -0.2) is 4.79 Å². The second kappa shape index (κ2) is 5.46. The Bertz CT molecular complexity index is 648. The molecular weight excluding hydrogens is 275 g/mol. The summed E-state index contributed by atoms with van der Waals surface area (Å²) in [5.41, 5.74) is -2.14. The van der Waals surface area contributed by atoms with Crippen LogP contribution in [0.2, 0.25) is 0 Å². The normalized spacial score (nSPS) is 29.1. The first kappa shape index (κ1) is 14.3. The highest BCUT2D eigenvalue weighted by atomic mass is 19.1. The van der Waals surface area contributed by atoms with E-state index in [1.807, 2.05) is 6.11 Å². The number of terminal acetylenes is 1. The Morgan fingerprint density at radius 2 is 2.30 bits per heavy atom. The summed E-state index contributed by atoms with van der Waals surface area (Å²) in [7, 11) is 0. The Kier molecular flexibility index (Phi) is 3.89. The molecule has 1 aromatic heterocycles. The summed E-state index contributed by atoms with van der Waals surface area (Å²) in [4.78, 5) is 24.3. The van der Waals surface area contributed by atoms with E-state index in [0.29, 0.717) is 10.8 Å². The van der Waals surface area contributed by atoms with Crippen LogP contribution in [-0.4, -0.2) is 44.7 Å². The number of aliphatic hydroxyl groups excluding tert-OH is 2. The van der Waals surface area contributed by atoms with E-state index in [1.54, 1.807) is 4.98 Å². The van der Waals surface area contributed by atoms with Gasteiger partial charge in [-0.05, 0) is 0 Å². The zero-order valence-corrected chi connectivity index (χ0v) is 10.0. The molecule has 0 bridgehead atoms. The van der Waals surface area contributed by atoms with Crippen LogP contribution in [0.4, 0.5) is 4.39 Å². The molecule has 0 aromatic carbocycles. The lowest BCUT2D eigenvalue weighted by Gasteiger charge is -2.19. The van der Waals surface area contributed by atoms with Gasteiger partial charge in [-0.1, -0.05) is 6.42 Å². The number of rotatable bonds is 3. The van der Waals surface area contributed by atoms with Gasteiger partial charge in [0.05, 0.1) is 12.8 Å². The molecule has 3 N–H and O–H groups in total. The number of aromatic nitrogens is 2. The van der Waals surface area contributed by atoms with E-state index in [1.165, 1.54) is 0 Å². The molecule has 0 amide bonds. The third-order valence-corrected chi connectivity index (χ3v) is 2.90. The van der Waals surface area contributed by atoms with Crippen molar-refractivity contribution in [1.29, 1.82) is 0 Å². The number of nitrogens with one attached hydrogen (secondary N) is 1. The lowest BCUT2D eigenvalue weighted by molar-refractivity contribution is -0.0553. The number of aliphatic hydroxyl groups is 2. The van der Waals surface area contributed by atoms with Crippen molar-refractivity contribution < 1.29 is 24.1 Å². The topological polar surface area (TPSA) is 114 Å². The number of aromatic amines is 1. The fourth-order valence-corrected chi connectivity index (χ4v) is 1.95. The van der Waals surface area contributed by atoms with Gasteiger partial charge in [0.1, 0.15) is 18.3 Å². The Hall–Kier alpha value is -2.15. The van der Waals surface area contributed by atoms with Crippen molar-refractivity contribution in [3.8, 4) is 12.5 Å². The number of H-pyrrole nitrogens is 1. The molecule has 0 spiro atoms. The molecule has 108 valence electrons. The highest BCUT2D eigenvalue weighted by molar-refractivity contribution is 4.96. The van der Waals surface area contributed by atoms with E-state index in [2.05, 4.69) is 0 Å². The lowest BCUT2D eigenvalue weighted by Crippen LogP contribution is -2.39. The van der Waals surface area contributed by atoms with Crippen LogP contribution < -0.4 is 11.2 Å². The molecule has 1 fully saturated rings. The summed E-state index contributed by atoms with van der Waals surface area (Å²) in [5, 5.41) is 18.9. The predicted molar refractivity (Wildman–Crippen MR) is 62.0 cm³/mol. The minimum atomic E-state index is -1.32. The monoisotopic (exact) mass is 286 g/mol. The highest BCUT2D eigenvalue weighted by Gasteiger charge is 2.46. The van der Waals surface area contributed by atoms with Crippen LogP contribution in [0.15, 0.2) is 15.8 Å². The fraction of sp³-hybridized carbons (Fsp3) is 0.455. The van der Waals surface area contributed by atoms with Crippen LogP contribution in [-0.2, 0) is 9.47 Å². The number of hydrogen-bond acceptors (Lipinski definition) is 6. The van der Waals surface area contributed by atoms with Crippen molar-refractivity contribution in [3.05, 3.63) is 32.9 Å². The first-order chi connectivity index (χ1) is 9.49. The van der Waals surface area contributed by atoms with E-state index in [4.69, 9.17) is 21.0 Å². The molecule has 1 aromatic rings. The summed E-state index contributed by atoms with van der Waals surface area (Å²) < 4.78 is 24.0. The molecule has 0 aliphatic carbocycles. The van der Waals surface area contributed by atoms with Gasteiger partial charge in [-0.3, -0.25) is 14.3 Å². The van der Waals surface area contributed by atoms with E-state index >= 15 is 0 Å². The minimum absolute atomic E-state index is 0.553. The number of nitrogens with zero attached hydrogens (tertiary/aromatic N) is 1. The van der Waals surface area contributed by atoms with E-state index in [9.17, 15) is 19.1 Å². The zero-order valence-electron chi connectivity index (χ0n) is 10.0. The molecule has 1 aliphatic rings. The summed E-state index contributed by atoms with van der Waals surface area (Å²) >= 11 is 0. The predicted octanol–water partition coefficient (Wildman–Crippen LogP) is -2.10. The molecular formula is C11H11FN2O6. The van der Waals surface area contributed by atoms with Crippen molar-refractivity contribution in [2.45, 2.75) is 24.5 Å². The quantitative estimate of drug-likeness (QED) is 0.549. The lowest BCUT2D eigenvalue weighted by atomic mass is 10.1. The Morgan fingerprint density at radius 3 is 2.90 bits per heavy atom. The van der Waals surface area contributed by atoms with Gasteiger partial charge < -0.3 is 19.7 Å². The van der Waals surface area contributed by atoms with Crippen molar-refractivity contribution in [3.63, 3.8) is 0 Å². The van der Waals surface area contributed by atoms with E-state index in [-0.39, 0.29) is 0 Å². The molecule has 4 atom stereocenters. The van der Waals surface area contributed by atoms with Crippen molar-refractivity contribution >= 4 is 0 Å². The molecule has 2 rings (SSSR count). The minimum Gasteiger partial charge on any atom is -0.436 e. The van der Waals surface area contributed by atoms with Gasteiger partial charge in [-0.2, -0.15) is 4.39 Å². The van der Waals surface area contributed by atoms with Gasteiger partial charge in [0.25, 0.3) is 5.56 Å². The van der Waals surface area contributed by atoms with Crippen LogP contribution in [0.5, 0.6) is 0 Å². The zero-order chi connectivity index (χ0) is 14.9. The number of halogens is 1. The molecule has 0 unspecified atom stereocenters. The molecule has 0 radical (unpaired) electrons. The fourth-order valence-electron chi connectivity index (χ4n) is 1.95. The first-order valence-corrected chi connectivity index (χ1v) is 5.56. The Labute approximate surface area is 111 Å². The second-order valence-corrected chi connectivity index (χ2v) is 4.08. The van der Waals surface area contributed by atoms with Crippen molar-refractivity contribution in [1.82, 2.24) is 9.55 Å². The average molecular weight is 286 g/mol. The number of hydrogen-bond donors (Lipinski definition) is 3. The van der Waals surface area contributed by atoms with Gasteiger partial charge in [0, 0.05) is 0 Å². The van der Waals surface area contributed by atoms with Crippen LogP contribution in [0.25, 0.3) is 0 Å². The van der Waals surface area contributed by atoms with Crippen LogP contribution in [0, 0.1) is 18.3 Å². The van der Waals surface area contributed by atoms with Crippen LogP contribution in [0.1, 0.15) is 6.23 Å². The molecule has 20 heavy (non-hydrogen) atoms. The van der Waals surface area contributed by atoms with E-state index in [0.717, 1.165) is 0 Å². The van der Waals surface area contributed by atoms with Crippen LogP contribution in [0.3, 0.4) is 0 Å². The first-order valence-electron chi connectivity index (χ1n) is 5.56. The highest BCUT2D eigenvalue weighted by Crippen LogP contribution is 2.30. The van der Waals surface area contributed by atoms with Gasteiger partial charge >= 0.3 is 5.69 Å². The average Bonchev–Trinajstić information content (AvgIpc) is 2.72. The maximum absolute atomic E-state index is 13.2. The van der Waals surface area contributed by atoms with Gasteiger partial charge in [-0.15, -0.1) is 0 Å². The van der Waals surface area contributed by atoms with E-state index < -0.39 is 48.2 Å². The molecule has 9 heteroatoms. The Balaban J connectivity index is 2.45. The summed E-state index contributed by atoms with van der Waals surface area (Å²) in [6.45, 7) is -0.553.